The third-order valence-corrected chi connectivity index (χ3v) is 4.37. The van der Waals surface area contributed by atoms with Gasteiger partial charge in [-0.25, -0.2) is 0 Å². The van der Waals surface area contributed by atoms with E-state index in [1.807, 2.05) is 16.7 Å². The van der Waals surface area contributed by atoms with Gasteiger partial charge in [0.25, 0.3) is 5.91 Å². The van der Waals surface area contributed by atoms with Gasteiger partial charge in [-0.3, -0.25) is 9.59 Å². The summed E-state index contributed by atoms with van der Waals surface area (Å²) in [6.07, 6.45) is 8.82. The number of nitrogen functional groups attached to an aromatic ring is 1. The number of pyridine rings is 1. The Balaban J connectivity index is 2.31. The molecule has 0 atom stereocenters. The number of carbonyl (C=O) groups is 1. The van der Waals surface area contributed by atoms with Crippen LogP contribution in [0.1, 0.15) is 55.8 Å². The van der Waals surface area contributed by atoms with Crippen molar-refractivity contribution in [3.05, 3.63) is 40.2 Å². The lowest BCUT2D eigenvalue weighted by Gasteiger charge is -2.14. The van der Waals surface area contributed by atoms with Crippen molar-refractivity contribution in [1.82, 2.24) is 9.88 Å². The fourth-order valence-corrected chi connectivity index (χ4v) is 3.01. The molecule has 0 radical (unpaired) electrons. The Bertz CT molecular complexity index is 765. The van der Waals surface area contributed by atoms with E-state index in [-0.39, 0.29) is 16.9 Å². The monoisotopic (exact) mass is 329 g/mol. The lowest BCUT2D eigenvalue weighted by molar-refractivity contribution is 0.0961. The van der Waals surface area contributed by atoms with Crippen LogP contribution >= 0.6 is 0 Å². The summed E-state index contributed by atoms with van der Waals surface area (Å²) < 4.78 is 1.98. The number of amides is 1. The smallest absolute Gasteiger partial charge is 0.256 e. The Hall–Kier alpha value is -2.30. The van der Waals surface area contributed by atoms with Gasteiger partial charge >= 0.3 is 0 Å². The zero-order chi connectivity index (χ0) is 17.5. The second-order valence-corrected chi connectivity index (χ2v) is 6.15. The fourth-order valence-electron chi connectivity index (χ4n) is 3.01. The third kappa shape index (κ3) is 3.96. The van der Waals surface area contributed by atoms with Gasteiger partial charge in [0.1, 0.15) is 5.56 Å². The summed E-state index contributed by atoms with van der Waals surface area (Å²) in [6, 6.07) is 5.43. The van der Waals surface area contributed by atoms with Crippen LogP contribution in [0.15, 0.2) is 29.2 Å². The molecule has 1 amide bonds. The number of rotatable bonds is 8. The van der Waals surface area contributed by atoms with Crippen molar-refractivity contribution in [2.75, 3.05) is 12.8 Å². The molecule has 5 heteroatoms. The standard InChI is InChI=1S/C19H27N3O2/c1-3-4-5-6-7-8-12-22-13-14(19(24)21-2)18(23)17-15(20)10-9-11-16(17)22/h9-11,13H,3-8,12,20H2,1-2H3,(H,21,24). The van der Waals surface area contributed by atoms with Crippen LogP contribution in [0.4, 0.5) is 5.69 Å². The maximum Gasteiger partial charge on any atom is 0.256 e. The summed E-state index contributed by atoms with van der Waals surface area (Å²) in [5.74, 6) is -0.373. The van der Waals surface area contributed by atoms with Crippen LogP contribution in [-0.4, -0.2) is 17.5 Å². The molecule has 1 aromatic carbocycles. The quantitative estimate of drug-likeness (QED) is 0.576. The van der Waals surface area contributed by atoms with Gasteiger partial charge in [0.05, 0.1) is 10.9 Å². The van der Waals surface area contributed by atoms with Gasteiger partial charge in [-0.15, -0.1) is 0 Å². The molecule has 0 aliphatic carbocycles. The molecular weight excluding hydrogens is 302 g/mol. The van der Waals surface area contributed by atoms with Gasteiger partial charge in [-0.2, -0.15) is 0 Å². The number of aryl methyl sites for hydroxylation is 1. The molecule has 0 aliphatic rings. The number of nitrogens with two attached hydrogens (primary N) is 1. The lowest BCUT2D eigenvalue weighted by Crippen LogP contribution is -2.27. The van der Waals surface area contributed by atoms with Crippen LogP contribution in [-0.2, 0) is 6.54 Å². The van der Waals surface area contributed by atoms with E-state index in [0.717, 1.165) is 24.9 Å². The number of nitrogens with zero attached hydrogens (tertiary/aromatic N) is 1. The topological polar surface area (TPSA) is 77.1 Å². The van der Waals surface area contributed by atoms with E-state index in [1.54, 1.807) is 12.3 Å². The molecule has 0 unspecified atom stereocenters. The van der Waals surface area contributed by atoms with Gasteiger partial charge in [-0.05, 0) is 18.6 Å². The summed E-state index contributed by atoms with van der Waals surface area (Å²) in [7, 11) is 1.53. The molecule has 130 valence electrons. The lowest BCUT2D eigenvalue weighted by atomic mass is 10.1. The SMILES string of the molecule is CCCCCCCCn1cc(C(=O)NC)c(=O)c2c(N)cccc21. The van der Waals surface area contributed by atoms with Crippen LogP contribution in [0, 0.1) is 0 Å². The van der Waals surface area contributed by atoms with E-state index in [1.165, 1.54) is 32.7 Å². The van der Waals surface area contributed by atoms with Crippen LogP contribution in [0.25, 0.3) is 10.9 Å². The molecule has 0 saturated carbocycles. The first-order valence-electron chi connectivity index (χ1n) is 8.73. The molecule has 0 saturated heterocycles. The van der Waals surface area contributed by atoms with Gasteiger partial charge < -0.3 is 15.6 Å². The number of unbranched alkanes of at least 4 members (excludes halogenated alkanes) is 5. The largest absolute Gasteiger partial charge is 0.398 e. The summed E-state index contributed by atoms with van der Waals surface area (Å²) >= 11 is 0. The molecule has 0 fully saturated rings. The number of carbonyl (C=O) groups excluding carboxylic acids is 1. The number of hydrogen-bond donors (Lipinski definition) is 2. The van der Waals surface area contributed by atoms with Crippen molar-refractivity contribution in [2.45, 2.75) is 52.0 Å². The average molecular weight is 329 g/mol. The van der Waals surface area contributed by atoms with Gasteiger partial charge in [0.15, 0.2) is 0 Å². The predicted octanol–water partition coefficient (Wildman–Crippen LogP) is 3.30. The van der Waals surface area contributed by atoms with E-state index >= 15 is 0 Å². The number of benzene rings is 1. The maximum atomic E-state index is 12.6. The zero-order valence-corrected chi connectivity index (χ0v) is 14.6. The maximum absolute atomic E-state index is 12.6. The van der Waals surface area contributed by atoms with Crippen molar-refractivity contribution < 1.29 is 4.79 Å². The number of fused-ring (bicyclic) bond motifs is 1. The van der Waals surface area contributed by atoms with Crippen LogP contribution in [0.3, 0.4) is 0 Å². The molecule has 0 spiro atoms. The number of nitrogens with one attached hydrogen (secondary N) is 1. The number of anilines is 1. The van der Waals surface area contributed by atoms with E-state index in [9.17, 15) is 9.59 Å². The minimum atomic E-state index is -0.373. The van der Waals surface area contributed by atoms with E-state index in [0.29, 0.717) is 11.1 Å². The van der Waals surface area contributed by atoms with Crippen molar-refractivity contribution >= 4 is 22.5 Å². The molecule has 1 heterocycles. The molecule has 0 aliphatic heterocycles. The highest BCUT2D eigenvalue weighted by atomic mass is 16.2. The number of hydrogen-bond acceptors (Lipinski definition) is 3. The van der Waals surface area contributed by atoms with E-state index in [4.69, 9.17) is 5.73 Å². The van der Waals surface area contributed by atoms with Crippen LogP contribution in [0.2, 0.25) is 0 Å². The molecule has 3 N–H and O–H groups in total. The Morgan fingerprint density at radius 1 is 1.17 bits per heavy atom. The molecule has 1 aromatic heterocycles. The molecule has 5 nitrogen and oxygen atoms in total. The summed E-state index contributed by atoms with van der Waals surface area (Å²) in [5.41, 5.74) is 7.05. The van der Waals surface area contributed by atoms with Crippen LogP contribution < -0.4 is 16.5 Å². The average Bonchev–Trinajstić information content (AvgIpc) is 2.59. The summed E-state index contributed by atoms with van der Waals surface area (Å²) in [6.45, 7) is 2.98. The Labute approximate surface area is 142 Å². The first-order chi connectivity index (χ1) is 11.6. The van der Waals surface area contributed by atoms with Gasteiger partial charge in [-0.1, -0.05) is 45.1 Å². The van der Waals surface area contributed by atoms with Crippen molar-refractivity contribution in [1.29, 1.82) is 0 Å². The highest BCUT2D eigenvalue weighted by molar-refractivity contribution is 5.99. The molecule has 2 aromatic rings. The number of aromatic nitrogens is 1. The fraction of sp³-hybridized carbons (Fsp3) is 0.474. The highest BCUT2D eigenvalue weighted by Gasteiger charge is 2.15. The zero-order valence-electron chi connectivity index (χ0n) is 14.6. The first kappa shape index (κ1) is 18.0. The summed E-state index contributed by atoms with van der Waals surface area (Å²) in [4.78, 5) is 24.6. The minimum absolute atomic E-state index is 0.147. The molecule has 24 heavy (non-hydrogen) atoms. The first-order valence-corrected chi connectivity index (χ1v) is 8.73. The second kappa shape index (κ2) is 8.52. The Kier molecular flexibility index (Phi) is 6.41. The third-order valence-electron chi connectivity index (χ3n) is 4.37. The normalized spacial score (nSPS) is 10.9. The molecule has 0 bridgehead atoms. The van der Waals surface area contributed by atoms with Gasteiger partial charge in [0, 0.05) is 25.5 Å². The van der Waals surface area contributed by atoms with Crippen LogP contribution in [0.5, 0.6) is 0 Å². The van der Waals surface area contributed by atoms with Crippen molar-refractivity contribution in [2.24, 2.45) is 0 Å². The Morgan fingerprint density at radius 2 is 1.88 bits per heavy atom. The molecule has 2 rings (SSSR count). The second-order valence-electron chi connectivity index (χ2n) is 6.15. The minimum Gasteiger partial charge on any atom is -0.398 e. The van der Waals surface area contributed by atoms with Crippen molar-refractivity contribution in [3.63, 3.8) is 0 Å². The van der Waals surface area contributed by atoms with E-state index < -0.39 is 0 Å². The summed E-state index contributed by atoms with van der Waals surface area (Å²) in [5, 5.41) is 2.97. The van der Waals surface area contributed by atoms with Gasteiger partial charge in [0.2, 0.25) is 5.43 Å². The van der Waals surface area contributed by atoms with Crippen molar-refractivity contribution in [3.8, 4) is 0 Å². The predicted molar refractivity (Wildman–Crippen MR) is 99.4 cm³/mol. The Morgan fingerprint density at radius 3 is 2.58 bits per heavy atom. The molecular formula is C19H27N3O2. The highest BCUT2D eigenvalue weighted by Crippen LogP contribution is 2.19. The van der Waals surface area contributed by atoms with E-state index in [2.05, 4.69) is 12.2 Å².